The fourth-order valence-corrected chi connectivity index (χ4v) is 7.68. The molecule has 0 amide bonds. The fourth-order valence-electron chi connectivity index (χ4n) is 7.68. The highest BCUT2D eigenvalue weighted by Gasteiger charge is 2.46. The van der Waals surface area contributed by atoms with Crippen molar-refractivity contribution in [2.24, 2.45) is 23.7 Å². The molecule has 0 aliphatic carbocycles. The molecule has 53 heavy (non-hydrogen) atoms. The van der Waals surface area contributed by atoms with Crippen molar-refractivity contribution >= 4 is 18.0 Å². The molecule has 0 radical (unpaired) electrons. The van der Waals surface area contributed by atoms with Gasteiger partial charge in [0.15, 0.2) is 18.4 Å². The highest BCUT2D eigenvalue weighted by molar-refractivity contribution is 5.91. The molecule has 0 spiro atoms. The highest BCUT2D eigenvalue weighted by atomic mass is 16.7. The highest BCUT2D eigenvalue weighted by Crippen LogP contribution is 2.34. The van der Waals surface area contributed by atoms with Gasteiger partial charge in [0.25, 0.3) is 0 Å². The minimum atomic E-state index is -1.26. The number of likely N-dealkylation sites (N-methyl/N-ethyl adjacent to an activating group) is 1. The summed E-state index contributed by atoms with van der Waals surface area (Å²) in [6, 6.07) is -0.263. The summed E-state index contributed by atoms with van der Waals surface area (Å²) in [6.07, 6.45) is -2.33. The van der Waals surface area contributed by atoms with Crippen molar-refractivity contribution in [2.75, 3.05) is 34.9 Å². The Morgan fingerprint density at radius 3 is 2.21 bits per heavy atom. The van der Waals surface area contributed by atoms with Gasteiger partial charge in [0, 0.05) is 44.4 Å². The average molecular weight is 756 g/mol. The van der Waals surface area contributed by atoms with Crippen molar-refractivity contribution in [1.82, 2.24) is 4.90 Å². The van der Waals surface area contributed by atoms with Crippen molar-refractivity contribution in [2.45, 2.75) is 147 Å². The quantitative estimate of drug-likeness (QED) is 0.207. The Hall–Kier alpha value is -2.11. The maximum Gasteiger partial charge on any atom is 0.308 e. The lowest BCUT2D eigenvalue weighted by atomic mass is 9.79. The Bertz CT molecular complexity index is 1230. The summed E-state index contributed by atoms with van der Waals surface area (Å²) in [5.74, 6) is -3.10. The second kappa shape index (κ2) is 21.3. The summed E-state index contributed by atoms with van der Waals surface area (Å²) < 4.78 is 41.9. The molecule has 0 aromatic rings. The van der Waals surface area contributed by atoms with Crippen molar-refractivity contribution in [3.05, 3.63) is 23.8 Å². The van der Waals surface area contributed by atoms with Crippen LogP contribution in [-0.2, 0) is 47.5 Å². The van der Waals surface area contributed by atoms with Crippen LogP contribution in [0.15, 0.2) is 23.8 Å². The van der Waals surface area contributed by atoms with Crippen LogP contribution in [0.1, 0.15) is 73.6 Å². The van der Waals surface area contributed by atoms with Crippen LogP contribution in [0, 0.1) is 23.7 Å². The number of carbonyl (C=O) groups is 3. The number of aliphatic hydroxyl groups is 3. The number of aldehydes is 1. The first-order chi connectivity index (χ1) is 25.1. The van der Waals surface area contributed by atoms with E-state index in [2.05, 4.69) is 0 Å². The van der Waals surface area contributed by atoms with Gasteiger partial charge < -0.3 is 58.2 Å². The predicted molar refractivity (Wildman–Crippen MR) is 194 cm³/mol. The molecular formula is C39H65NO13. The van der Waals surface area contributed by atoms with E-state index >= 15 is 0 Å². The summed E-state index contributed by atoms with van der Waals surface area (Å²) in [5.41, 5.74) is 0.722. The van der Waals surface area contributed by atoms with Gasteiger partial charge >= 0.3 is 5.97 Å². The SMILES string of the molecule is CCC1OC(=O)CC(O)C(C)C(OC2OC(C)CC(N(C)C)C2O)C(CC=O)CC(C)C(=O)/C=C/C(C)=C\C1COC1OC(C)C(O)C(OC)C1OC. The molecule has 0 saturated carbocycles. The van der Waals surface area contributed by atoms with Crippen molar-refractivity contribution in [3.8, 4) is 0 Å². The van der Waals surface area contributed by atoms with Crippen LogP contribution >= 0.6 is 0 Å². The third kappa shape index (κ3) is 12.2. The van der Waals surface area contributed by atoms with E-state index in [1.54, 1.807) is 26.8 Å². The van der Waals surface area contributed by atoms with E-state index in [4.69, 9.17) is 33.2 Å². The minimum absolute atomic E-state index is 0.0268. The van der Waals surface area contributed by atoms with E-state index in [0.29, 0.717) is 12.8 Å². The maximum atomic E-state index is 13.5. The lowest BCUT2D eigenvalue weighted by Crippen LogP contribution is -2.59. The van der Waals surface area contributed by atoms with Crippen LogP contribution in [0.25, 0.3) is 0 Å². The third-order valence-corrected chi connectivity index (χ3v) is 11.0. The van der Waals surface area contributed by atoms with Crippen LogP contribution in [0.4, 0.5) is 0 Å². The molecule has 14 heteroatoms. The van der Waals surface area contributed by atoms with Gasteiger partial charge in [-0.15, -0.1) is 0 Å². The number of methoxy groups -OCH3 is 2. The Balaban J connectivity index is 1.95. The summed E-state index contributed by atoms with van der Waals surface area (Å²) >= 11 is 0. The lowest BCUT2D eigenvalue weighted by Gasteiger charge is -2.44. The first-order valence-corrected chi connectivity index (χ1v) is 18.9. The first-order valence-electron chi connectivity index (χ1n) is 18.9. The molecule has 14 nitrogen and oxygen atoms in total. The Labute approximate surface area is 315 Å². The maximum absolute atomic E-state index is 13.5. The largest absolute Gasteiger partial charge is 0.462 e. The van der Waals surface area contributed by atoms with Gasteiger partial charge in [-0.2, -0.15) is 0 Å². The Morgan fingerprint density at radius 2 is 1.60 bits per heavy atom. The minimum Gasteiger partial charge on any atom is -0.462 e. The van der Waals surface area contributed by atoms with Gasteiger partial charge in [0.2, 0.25) is 0 Å². The van der Waals surface area contributed by atoms with Crippen LogP contribution < -0.4 is 0 Å². The summed E-state index contributed by atoms with van der Waals surface area (Å²) in [6.45, 7) is 10.8. The number of rotatable bonds is 11. The normalized spacial score (nSPS) is 42.8. The number of nitrogens with zero attached hydrogens (tertiary/aromatic N) is 1. The first kappa shape index (κ1) is 45.3. The third-order valence-electron chi connectivity index (χ3n) is 11.0. The van der Waals surface area contributed by atoms with E-state index in [-0.39, 0.29) is 43.8 Å². The molecule has 2 saturated heterocycles. The molecule has 3 rings (SSSR count). The van der Waals surface area contributed by atoms with E-state index in [1.807, 2.05) is 45.8 Å². The molecule has 3 heterocycles. The number of cyclic esters (lactones) is 1. The van der Waals surface area contributed by atoms with Gasteiger partial charge in [-0.3, -0.25) is 9.59 Å². The Morgan fingerprint density at radius 1 is 0.925 bits per heavy atom. The van der Waals surface area contributed by atoms with E-state index in [9.17, 15) is 29.7 Å². The molecular weight excluding hydrogens is 690 g/mol. The number of hydrogen-bond donors (Lipinski definition) is 3. The lowest BCUT2D eigenvalue weighted by molar-refractivity contribution is -0.304. The number of ether oxygens (including phenoxy) is 7. The van der Waals surface area contributed by atoms with Crippen LogP contribution in [0.5, 0.6) is 0 Å². The van der Waals surface area contributed by atoms with Crippen molar-refractivity contribution in [3.63, 3.8) is 0 Å². The topological polar surface area (TPSA) is 180 Å². The molecule has 3 aliphatic heterocycles. The molecule has 3 N–H and O–H groups in total. The van der Waals surface area contributed by atoms with Gasteiger partial charge in [0.1, 0.15) is 36.8 Å². The van der Waals surface area contributed by atoms with E-state index in [0.717, 1.165) is 11.9 Å². The van der Waals surface area contributed by atoms with Gasteiger partial charge in [-0.05, 0) is 66.1 Å². The number of hydrogen-bond acceptors (Lipinski definition) is 14. The molecule has 0 bridgehead atoms. The number of esters is 1. The predicted octanol–water partition coefficient (Wildman–Crippen LogP) is 2.59. The van der Waals surface area contributed by atoms with Crippen LogP contribution in [0.3, 0.4) is 0 Å². The molecule has 0 aromatic heterocycles. The second-order valence-corrected chi connectivity index (χ2v) is 15.3. The molecule has 304 valence electrons. The average Bonchev–Trinajstić information content (AvgIpc) is 3.11. The van der Waals surface area contributed by atoms with Crippen molar-refractivity contribution < 1.29 is 62.9 Å². The number of allylic oxidation sites excluding steroid dienone is 3. The zero-order valence-electron chi connectivity index (χ0n) is 33.2. The summed E-state index contributed by atoms with van der Waals surface area (Å²) in [5, 5.41) is 33.4. The molecule has 16 unspecified atom stereocenters. The molecule has 2 fully saturated rings. The fraction of sp³-hybridized carbons (Fsp3) is 0.821. The monoisotopic (exact) mass is 755 g/mol. The van der Waals surface area contributed by atoms with Gasteiger partial charge in [-0.1, -0.05) is 38.5 Å². The standard InChI is InChI=1S/C39H65NO13/c1-11-31-27(20-49-39-37(48-10)36(47-9)33(45)25(6)51-39)16-21(2)12-13-29(42)22(3)17-26(14-15-41)35(24(5)30(43)19-32(44)52-31)53-38-34(46)28(40(7)8)18-23(4)50-38/h12-13,15-16,22-28,30-31,33-39,43,45-46H,11,14,17-20H2,1-10H3/b13-12+,21-16-. The van der Waals surface area contributed by atoms with Gasteiger partial charge in [-0.25, -0.2) is 0 Å². The van der Waals surface area contributed by atoms with Crippen molar-refractivity contribution in [1.29, 1.82) is 0 Å². The smallest absolute Gasteiger partial charge is 0.308 e. The summed E-state index contributed by atoms with van der Waals surface area (Å²) in [4.78, 5) is 41.0. The van der Waals surface area contributed by atoms with Crippen LogP contribution in [0.2, 0.25) is 0 Å². The zero-order valence-corrected chi connectivity index (χ0v) is 33.2. The van der Waals surface area contributed by atoms with Gasteiger partial charge in [0.05, 0.1) is 37.4 Å². The summed E-state index contributed by atoms with van der Waals surface area (Å²) in [7, 11) is 6.68. The Kier molecular flexibility index (Phi) is 18.2. The second-order valence-electron chi connectivity index (χ2n) is 15.3. The molecule has 3 aliphatic rings. The van der Waals surface area contributed by atoms with E-state index in [1.165, 1.54) is 20.3 Å². The zero-order chi connectivity index (χ0) is 39.6. The molecule has 16 atom stereocenters. The number of aliphatic hydroxyl groups excluding tert-OH is 3. The molecule has 0 aromatic carbocycles. The number of ketones is 1. The van der Waals surface area contributed by atoms with E-state index < -0.39 is 91.1 Å². The van der Waals surface area contributed by atoms with Crippen LogP contribution in [-0.4, -0.2) is 147 Å². The number of carbonyl (C=O) groups excluding carboxylic acids is 3.